The Labute approximate surface area is 134 Å². The molecule has 1 saturated heterocycles. The number of hydrogen-bond acceptors (Lipinski definition) is 4. The largest absolute Gasteiger partial charge is 0.480 e. The van der Waals surface area contributed by atoms with Gasteiger partial charge in [0.15, 0.2) is 6.10 Å². The molecule has 0 aliphatic carbocycles. The molecule has 1 aliphatic rings. The molecule has 0 spiro atoms. The number of carbonyl (C=O) groups is 1. The van der Waals surface area contributed by atoms with Crippen molar-refractivity contribution in [2.24, 2.45) is 5.41 Å². The summed E-state index contributed by atoms with van der Waals surface area (Å²) in [7, 11) is 0. The molecule has 4 nitrogen and oxygen atoms in total. The van der Waals surface area contributed by atoms with Gasteiger partial charge in [0, 0.05) is 17.5 Å². The maximum Gasteiger partial charge on any atom is 0.264 e. The van der Waals surface area contributed by atoms with Crippen LogP contribution in [0.15, 0.2) is 18.2 Å². The topological polar surface area (TPSA) is 53.3 Å². The minimum Gasteiger partial charge on any atom is -0.480 e. The van der Waals surface area contributed by atoms with Crippen molar-refractivity contribution < 1.29 is 13.9 Å². The van der Waals surface area contributed by atoms with E-state index < -0.39 is 12.8 Å². The summed E-state index contributed by atoms with van der Waals surface area (Å²) < 4.78 is 18.8. The highest BCUT2D eigenvalue weighted by molar-refractivity contribution is 7.98. The summed E-state index contributed by atoms with van der Waals surface area (Å²) >= 11 is 1.59. The summed E-state index contributed by atoms with van der Waals surface area (Å²) in [6, 6.07) is 6.58. The number of carbonyl (C=O) groups excluding carboxylic acids is 1. The van der Waals surface area contributed by atoms with E-state index in [0.717, 1.165) is 0 Å². The van der Waals surface area contributed by atoms with E-state index in [1.807, 2.05) is 26.2 Å². The van der Waals surface area contributed by atoms with E-state index in [1.165, 1.54) is 12.1 Å². The second-order valence-corrected chi connectivity index (χ2v) is 6.84. The fourth-order valence-electron chi connectivity index (χ4n) is 2.63. The number of ether oxygens (including phenoxy) is 1. The Morgan fingerprint density at radius 3 is 2.86 bits per heavy atom. The molecule has 0 bridgehead atoms. The van der Waals surface area contributed by atoms with Gasteiger partial charge in [0.2, 0.25) is 0 Å². The number of hydrogen-bond donors (Lipinski definition) is 0. The molecule has 1 aliphatic heterocycles. The Bertz CT molecular complexity index is 613. The van der Waals surface area contributed by atoms with E-state index in [0.29, 0.717) is 18.2 Å². The smallest absolute Gasteiger partial charge is 0.264 e. The van der Waals surface area contributed by atoms with Crippen LogP contribution in [0.2, 0.25) is 0 Å². The van der Waals surface area contributed by atoms with E-state index in [4.69, 9.17) is 10.00 Å². The molecule has 1 aromatic carbocycles. The second kappa shape index (κ2) is 6.57. The zero-order valence-corrected chi connectivity index (χ0v) is 13.7. The first-order valence-electron chi connectivity index (χ1n) is 6.96. The molecule has 1 unspecified atom stereocenters. The highest BCUT2D eigenvalue weighted by Crippen LogP contribution is 2.35. The Balaban J connectivity index is 2.23. The van der Waals surface area contributed by atoms with E-state index in [2.05, 4.69) is 0 Å². The van der Waals surface area contributed by atoms with Crippen molar-refractivity contribution in [3.8, 4) is 11.8 Å². The first-order valence-corrected chi connectivity index (χ1v) is 8.35. The van der Waals surface area contributed by atoms with Crippen LogP contribution >= 0.6 is 11.8 Å². The van der Waals surface area contributed by atoms with E-state index in [9.17, 15) is 9.18 Å². The maximum atomic E-state index is 13.0. The summed E-state index contributed by atoms with van der Waals surface area (Å²) in [4.78, 5) is 14.2. The Hall–Kier alpha value is -1.74. The van der Waals surface area contributed by atoms with E-state index in [1.54, 1.807) is 22.7 Å². The van der Waals surface area contributed by atoms with Gasteiger partial charge in [-0.2, -0.15) is 5.26 Å². The van der Waals surface area contributed by atoms with Crippen molar-refractivity contribution in [2.75, 3.05) is 18.7 Å². The Kier molecular flexibility index (Phi) is 4.97. The number of amides is 1. The van der Waals surface area contributed by atoms with Gasteiger partial charge in [-0.1, -0.05) is 13.8 Å². The minimum absolute atomic E-state index is 0.0505. The molecular formula is C16H19FN2O2S. The van der Waals surface area contributed by atoms with Crippen LogP contribution in [-0.4, -0.2) is 35.6 Å². The van der Waals surface area contributed by atoms with Crippen LogP contribution < -0.4 is 4.74 Å². The van der Waals surface area contributed by atoms with E-state index >= 15 is 0 Å². The van der Waals surface area contributed by atoms with Crippen molar-refractivity contribution in [2.45, 2.75) is 26.6 Å². The standard InChI is InChI=1S/C16H19FN2O2S/c1-16(2)9-19(10-22-3)15(20)14(16)21-13-5-4-11(8-18)12(6-13)7-17/h4-6,14H,7,9-10H2,1-3H3. The van der Waals surface area contributed by atoms with Gasteiger partial charge >= 0.3 is 0 Å². The number of alkyl halides is 1. The average molecular weight is 322 g/mol. The molecule has 22 heavy (non-hydrogen) atoms. The number of halogens is 1. The molecule has 0 radical (unpaired) electrons. The number of likely N-dealkylation sites (tertiary alicyclic amines) is 1. The lowest BCUT2D eigenvalue weighted by molar-refractivity contribution is -0.133. The monoisotopic (exact) mass is 322 g/mol. The van der Waals surface area contributed by atoms with Crippen molar-refractivity contribution in [3.05, 3.63) is 29.3 Å². The lowest BCUT2D eigenvalue weighted by Crippen LogP contribution is -2.36. The summed E-state index contributed by atoms with van der Waals surface area (Å²) in [6.45, 7) is 3.86. The first-order chi connectivity index (χ1) is 10.4. The maximum absolute atomic E-state index is 13.0. The normalized spacial score (nSPS) is 20.0. The van der Waals surface area contributed by atoms with Crippen LogP contribution in [0.25, 0.3) is 0 Å². The van der Waals surface area contributed by atoms with Crippen LogP contribution in [0, 0.1) is 16.7 Å². The molecule has 0 N–H and O–H groups in total. The number of thioether (sulfide) groups is 1. The molecule has 1 amide bonds. The Morgan fingerprint density at radius 1 is 1.55 bits per heavy atom. The van der Waals surface area contributed by atoms with Gasteiger partial charge in [0.1, 0.15) is 12.4 Å². The zero-order chi connectivity index (χ0) is 16.3. The molecule has 1 atom stereocenters. The van der Waals surface area contributed by atoms with Crippen LogP contribution in [0.4, 0.5) is 4.39 Å². The van der Waals surface area contributed by atoms with Crippen LogP contribution in [0.5, 0.6) is 5.75 Å². The summed E-state index contributed by atoms with van der Waals surface area (Å²) in [5.74, 6) is 1.00. The predicted molar refractivity (Wildman–Crippen MR) is 84.3 cm³/mol. The SMILES string of the molecule is CSCN1CC(C)(C)C(Oc2ccc(C#N)c(CF)c2)C1=O. The van der Waals surface area contributed by atoms with Gasteiger partial charge in [-0.05, 0) is 24.5 Å². The molecule has 6 heteroatoms. The predicted octanol–water partition coefficient (Wildman–Crippen LogP) is 2.96. The molecule has 118 valence electrons. The van der Waals surface area contributed by atoms with E-state index in [-0.39, 0.29) is 22.4 Å². The van der Waals surface area contributed by atoms with Gasteiger partial charge in [0.25, 0.3) is 5.91 Å². The van der Waals surface area contributed by atoms with Gasteiger partial charge in [-0.25, -0.2) is 4.39 Å². The number of nitriles is 1. The van der Waals surface area contributed by atoms with Crippen molar-refractivity contribution >= 4 is 17.7 Å². The summed E-state index contributed by atoms with van der Waals surface area (Å²) in [5, 5.41) is 8.92. The fourth-order valence-corrected chi connectivity index (χ4v) is 3.16. The second-order valence-electron chi connectivity index (χ2n) is 6.00. The van der Waals surface area contributed by atoms with Crippen LogP contribution in [-0.2, 0) is 11.5 Å². The number of benzene rings is 1. The van der Waals surface area contributed by atoms with Crippen molar-refractivity contribution in [1.82, 2.24) is 4.90 Å². The molecule has 1 heterocycles. The fraction of sp³-hybridized carbons (Fsp3) is 0.500. The lowest BCUT2D eigenvalue weighted by Gasteiger charge is -2.24. The van der Waals surface area contributed by atoms with Gasteiger partial charge < -0.3 is 9.64 Å². The number of rotatable bonds is 5. The molecule has 0 aromatic heterocycles. The van der Waals surface area contributed by atoms with Crippen LogP contribution in [0.1, 0.15) is 25.0 Å². The van der Waals surface area contributed by atoms with Crippen molar-refractivity contribution in [3.63, 3.8) is 0 Å². The van der Waals surface area contributed by atoms with Crippen molar-refractivity contribution in [1.29, 1.82) is 5.26 Å². The van der Waals surface area contributed by atoms with Gasteiger partial charge in [-0.3, -0.25) is 4.79 Å². The molecular weight excluding hydrogens is 303 g/mol. The van der Waals surface area contributed by atoms with Gasteiger partial charge in [0.05, 0.1) is 17.5 Å². The molecule has 0 saturated carbocycles. The quantitative estimate of drug-likeness (QED) is 0.836. The minimum atomic E-state index is -0.735. The summed E-state index contributed by atoms with van der Waals surface area (Å²) in [5.41, 5.74) is 0.247. The van der Waals surface area contributed by atoms with Gasteiger partial charge in [-0.15, -0.1) is 11.8 Å². The zero-order valence-electron chi connectivity index (χ0n) is 12.9. The third-order valence-electron chi connectivity index (χ3n) is 3.72. The third kappa shape index (κ3) is 3.20. The number of nitrogens with zero attached hydrogens (tertiary/aromatic N) is 2. The molecule has 1 fully saturated rings. The molecule has 2 rings (SSSR count). The Morgan fingerprint density at radius 2 is 2.27 bits per heavy atom. The summed E-state index contributed by atoms with van der Waals surface area (Å²) in [6.07, 6.45) is 1.35. The average Bonchev–Trinajstić information content (AvgIpc) is 2.70. The highest BCUT2D eigenvalue weighted by atomic mass is 32.2. The first kappa shape index (κ1) is 16.6. The highest BCUT2D eigenvalue weighted by Gasteiger charge is 2.47. The van der Waals surface area contributed by atoms with Crippen LogP contribution in [0.3, 0.4) is 0 Å². The molecule has 1 aromatic rings. The lowest BCUT2D eigenvalue weighted by atomic mass is 9.89. The third-order valence-corrected chi connectivity index (χ3v) is 4.29.